The lowest BCUT2D eigenvalue weighted by Crippen LogP contribution is -2.28. The molecule has 0 amide bonds. The largest absolute Gasteiger partial charge is 0.480 e. The molecule has 2 rings (SSSR count). The lowest BCUT2D eigenvalue weighted by atomic mass is 9.98. The molecule has 0 aliphatic heterocycles. The molecule has 2 aromatic carbocycles. The zero-order valence-corrected chi connectivity index (χ0v) is 10.5. The number of halogens is 2. The molecule has 5 heteroatoms. The Kier molecular flexibility index (Phi) is 4.42. The van der Waals surface area contributed by atoms with Crippen molar-refractivity contribution in [1.29, 1.82) is 0 Å². The van der Waals surface area contributed by atoms with Crippen LogP contribution in [0.1, 0.15) is 17.2 Å². The molecule has 0 heterocycles. The van der Waals surface area contributed by atoms with Crippen LogP contribution in [0.25, 0.3) is 0 Å². The van der Waals surface area contributed by atoms with Crippen molar-refractivity contribution in [2.24, 2.45) is 0 Å². The van der Waals surface area contributed by atoms with Gasteiger partial charge in [-0.3, -0.25) is 10.1 Å². The van der Waals surface area contributed by atoms with E-state index in [2.05, 4.69) is 5.32 Å². The molecule has 0 radical (unpaired) electrons. The lowest BCUT2D eigenvalue weighted by molar-refractivity contribution is -0.136. The van der Waals surface area contributed by atoms with Crippen molar-refractivity contribution in [2.45, 2.75) is 6.04 Å². The predicted octanol–water partition coefficient (Wildman–Crippen LogP) is 2.73. The fourth-order valence-corrected chi connectivity index (χ4v) is 1.93. The number of aliphatic carboxylic acids is 1. The fourth-order valence-electron chi connectivity index (χ4n) is 1.93. The fraction of sp³-hybridized carbons (Fsp3) is 0.133. The molecular weight excluding hydrogens is 264 g/mol. The summed E-state index contributed by atoms with van der Waals surface area (Å²) in [5.74, 6) is -1.74. The maximum atomic E-state index is 13.0. The van der Waals surface area contributed by atoms with E-state index in [0.717, 1.165) is 0 Å². The second kappa shape index (κ2) is 6.25. The highest BCUT2D eigenvalue weighted by Crippen LogP contribution is 2.22. The van der Waals surface area contributed by atoms with Gasteiger partial charge in [-0.1, -0.05) is 24.3 Å². The molecule has 0 saturated heterocycles. The number of rotatable bonds is 5. The van der Waals surface area contributed by atoms with Crippen LogP contribution in [0.5, 0.6) is 0 Å². The minimum atomic E-state index is -1.00. The van der Waals surface area contributed by atoms with Crippen LogP contribution < -0.4 is 5.32 Å². The van der Waals surface area contributed by atoms with Crippen molar-refractivity contribution in [3.8, 4) is 0 Å². The summed E-state index contributed by atoms with van der Waals surface area (Å²) in [6, 6.07) is 11.0. The Morgan fingerprint density at radius 3 is 1.70 bits per heavy atom. The third-order valence-corrected chi connectivity index (χ3v) is 2.86. The second-order valence-corrected chi connectivity index (χ2v) is 4.31. The minimum Gasteiger partial charge on any atom is -0.480 e. The van der Waals surface area contributed by atoms with Crippen molar-refractivity contribution in [3.63, 3.8) is 0 Å². The standard InChI is InChI=1S/C15H13F2NO2/c16-12-5-1-10(2-6-12)15(18-9-14(19)20)11-3-7-13(17)8-4-11/h1-8,15,18H,9H2,(H,19,20). The van der Waals surface area contributed by atoms with Gasteiger partial charge in [0.2, 0.25) is 0 Å². The molecule has 0 aromatic heterocycles. The first-order valence-electron chi connectivity index (χ1n) is 6.02. The molecule has 2 N–H and O–H groups in total. The van der Waals surface area contributed by atoms with Crippen LogP contribution in [0, 0.1) is 11.6 Å². The van der Waals surface area contributed by atoms with Crippen LogP contribution in [0.2, 0.25) is 0 Å². The van der Waals surface area contributed by atoms with Gasteiger partial charge in [0.15, 0.2) is 0 Å². The maximum absolute atomic E-state index is 13.0. The van der Waals surface area contributed by atoms with E-state index in [4.69, 9.17) is 5.11 Å². The van der Waals surface area contributed by atoms with E-state index in [-0.39, 0.29) is 18.2 Å². The average Bonchev–Trinajstić information content (AvgIpc) is 2.42. The van der Waals surface area contributed by atoms with Gasteiger partial charge in [0, 0.05) is 0 Å². The van der Waals surface area contributed by atoms with Gasteiger partial charge < -0.3 is 5.11 Å². The van der Waals surface area contributed by atoms with E-state index in [1.54, 1.807) is 24.3 Å². The first-order chi connectivity index (χ1) is 9.56. The van der Waals surface area contributed by atoms with Crippen LogP contribution in [-0.4, -0.2) is 17.6 Å². The summed E-state index contributed by atoms with van der Waals surface area (Å²) < 4.78 is 25.9. The molecule has 0 spiro atoms. The molecule has 104 valence electrons. The van der Waals surface area contributed by atoms with E-state index >= 15 is 0 Å². The van der Waals surface area contributed by atoms with Crippen LogP contribution in [0.15, 0.2) is 48.5 Å². The molecule has 0 aliphatic carbocycles. The zero-order valence-electron chi connectivity index (χ0n) is 10.5. The summed E-state index contributed by atoms with van der Waals surface area (Å²) in [5.41, 5.74) is 1.42. The number of benzene rings is 2. The third kappa shape index (κ3) is 3.61. The van der Waals surface area contributed by atoms with Crippen molar-refractivity contribution < 1.29 is 18.7 Å². The topological polar surface area (TPSA) is 49.3 Å². The van der Waals surface area contributed by atoms with E-state index in [9.17, 15) is 13.6 Å². The van der Waals surface area contributed by atoms with Crippen LogP contribution >= 0.6 is 0 Å². The zero-order chi connectivity index (χ0) is 14.5. The molecule has 0 bridgehead atoms. The summed E-state index contributed by atoms with van der Waals surface area (Å²) in [6.07, 6.45) is 0. The summed E-state index contributed by atoms with van der Waals surface area (Å²) in [6.45, 7) is -0.251. The first-order valence-corrected chi connectivity index (χ1v) is 6.02. The van der Waals surface area contributed by atoms with Gasteiger partial charge in [-0.05, 0) is 35.4 Å². The molecule has 0 saturated carbocycles. The number of carboxylic acids is 1. The minimum absolute atomic E-state index is 0.251. The normalized spacial score (nSPS) is 10.8. The van der Waals surface area contributed by atoms with Crippen LogP contribution in [0.3, 0.4) is 0 Å². The predicted molar refractivity (Wildman–Crippen MR) is 70.3 cm³/mol. The van der Waals surface area contributed by atoms with Gasteiger partial charge in [0.1, 0.15) is 11.6 Å². The highest BCUT2D eigenvalue weighted by atomic mass is 19.1. The smallest absolute Gasteiger partial charge is 0.317 e. The highest BCUT2D eigenvalue weighted by molar-refractivity contribution is 5.69. The Balaban J connectivity index is 2.30. The van der Waals surface area contributed by atoms with Crippen molar-refractivity contribution in [3.05, 3.63) is 71.3 Å². The number of hydrogen-bond donors (Lipinski definition) is 2. The van der Waals surface area contributed by atoms with Gasteiger partial charge in [-0.2, -0.15) is 0 Å². The number of carbonyl (C=O) groups is 1. The molecule has 0 fully saturated rings. The van der Waals surface area contributed by atoms with Crippen LogP contribution in [0.4, 0.5) is 8.78 Å². The van der Waals surface area contributed by atoms with E-state index in [0.29, 0.717) is 11.1 Å². The van der Waals surface area contributed by atoms with E-state index < -0.39 is 12.0 Å². The Morgan fingerprint density at radius 1 is 0.950 bits per heavy atom. The summed E-state index contributed by atoms with van der Waals surface area (Å²) in [7, 11) is 0. The monoisotopic (exact) mass is 277 g/mol. The summed E-state index contributed by atoms with van der Waals surface area (Å²) in [5, 5.41) is 11.6. The number of carboxylic acid groups (broad SMARTS) is 1. The van der Waals surface area contributed by atoms with Crippen molar-refractivity contribution in [1.82, 2.24) is 5.32 Å². The molecule has 0 aliphatic rings. The average molecular weight is 277 g/mol. The van der Waals surface area contributed by atoms with E-state index in [1.165, 1.54) is 24.3 Å². The quantitative estimate of drug-likeness (QED) is 0.883. The Hall–Kier alpha value is -2.27. The molecule has 0 unspecified atom stereocenters. The van der Waals surface area contributed by atoms with Gasteiger partial charge in [0.25, 0.3) is 0 Å². The Morgan fingerprint density at radius 2 is 1.35 bits per heavy atom. The molecule has 3 nitrogen and oxygen atoms in total. The van der Waals surface area contributed by atoms with Gasteiger partial charge in [-0.25, -0.2) is 8.78 Å². The number of hydrogen-bond acceptors (Lipinski definition) is 2. The highest BCUT2D eigenvalue weighted by Gasteiger charge is 2.15. The molecule has 0 atom stereocenters. The van der Waals surface area contributed by atoms with Crippen molar-refractivity contribution >= 4 is 5.97 Å². The van der Waals surface area contributed by atoms with E-state index in [1.807, 2.05) is 0 Å². The SMILES string of the molecule is O=C(O)CNC(c1ccc(F)cc1)c1ccc(F)cc1. The van der Waals surface area contributed by atoms with Gasteiger partial charge >= 0.3 is 5.97 Å². The number of nitrogens with one attached hydrogen (secondary N) is 1. The maximum Gasteiger partial charge on any atom is 0.317 e. The second-order valence-electron chi connectivity index (χ2n) is 4.31. The lowest BCUT2D eigenvalue weighted by Gasteiger charge is -2.19. The van der Waals surface area contributed by atoms with Crippen molar-refractivity contribution in [2.75, 3.05) is 6.54 Å². The molecule has 20 heavy (non-hydrogen) atoms. The molecular formula is C15H13F2NO2. The Bertz CT molecular complexity index is 536. The summed E-state index contributed by atoms with van der Waals surface area (Å²) >= 11 is 0. The van der Waals surface area contributed by atoms with Gasteiger partial charge in [-0.15, -0.1) is 0 Å². The first kappa shape index (κ1) is 14.1. The van der Waals surface area contributed by atoms with Crippen LogP contribution in [-0.2, 0) is 4.79 Å². The summed E-state index contributed by atoms with van der Waals surface area (Å²) in [4.78, 5) is 10.7. The third-order valence-electron chi connectivity index (χ3n) is 2.86. The van der Waals surface area contributed by atoms with Gasteiger partial charge in [0.05, 0.1) is 12.6 Å². The molecule has 2 aromatic rings. The Labute approximate surface area is 114 Å².